The number of hydrogen-bond acceptors (Lipinski definition) is 4. The van der Waals surface area contributed by atoms with Gasteiger partial charge in [0.25, 0.3) is 0 Å². The van der Waals surface area contributed by atoms with E-state index in [1.54, 1.807) is 36.4 Å². The summed E-state index contributed by atoms with van der Waals surface area (Å²) in [6, 6.07) is 10.1. The van der Waals surface area contributed by atoms with E-state index in [2.05, 4.69) is 0 Å². The van der Waals surface area contributed by atoms with E-state index in [-0.39, 0.29) is 13.2 Å². The standard InChI is InChI=1S/C18H16Cl2O5/c1-23-17-10-12(3-7-18(21)22)2-5-16(17)25-9-8-24-15-6-4-13(19)11-14(15)20/h2-7,10-11H,8-9H2,1H3,(H,21,22). The third-order valence-corrected chi connectivity index (χ3v) is 3.63. The number of benzene rings is 2. The van der Waals surface area contributed by atoms with Gasteiger partial charge >= 0.3 is 5.97 Å². The topological polar surface area (TPSA) is 65.0 Å². The smallest absolute Gasteiger partial charge is 0.328 e. The first-order valence-electron chi connectivity index (χ1n) is 7.29. The molecule has 7 heteroatoms. The lowest BCUT2D eigenvalue weighted by Crippen LogP contribution is -2.09. The second-order valence-electron chi connectivity index (χ2n) is 4.85. The number of ether oxygens (including phenoxy) is 3. The predicted molar refractivity (Wildman–Crippen MR) is 97.1 cm³/mol. The summed E-state index contributed by atoms with van der Waals surface area (Å²) >= 11 is 11.9. The van der Waals surface area contributed by atoms with E-state index < -0.39 is 5.97 Å². The molecule has 0 aromatic heterocycles. The van der Waals surface area contributed by atoms with Crippen molar-refractivity contribution in [2.75, 3.05) is 20.3 Å². The first kappa shape index (κ1) is 19.0. The molecule has 25 heavy (non-hydrogen) atoms. The van der Waals surface area contributed by atoms with Crippen molar-refractivity contribution < 1.29 is 24.1 Å². The fraction of sp³-hybridized carbons (Fsp3) is 0.167. The van der Waals surface area contributed by atoms with E-state index in [0.29, 0.717) is 32.9 Å². The predicted octanol–water partition coefficient (Wildman–Crippen LogP) is 4.56. The van der Waals surface area contributed by atoms with Gasteiger partial charge in [-0.2, -0.15) is 0 Å². The van der Waals surface area contributed by atoms with Crippen LogP contribution in [0, 0.1) is 0 Å². The normalized spacial score (nSPS) is 10.7. The summed E-state index contributed by atoms with van der Waals surface area (Å²) in [7, 11) is 1.51. The molecule has 2 aromatic carbocycles. The van der Waals surface area contributed by atoms with Gasteiger partial charge < -0.3 is 19.3 Å². The van der Waals surface area contributed by atoms with Gasteiger partial charge in [0, 0.05) is 11.1 Å². The fourth-order valence-corrected chi connectivity index (χ4v) is 2.43. The van der Waals surface area contributed by atoms with Gasteiger partial charge in [0.15, 0.2) is 11.5 Å². The van der Waals surface area contributed by atoms with Gasteiger partial charge in [-0.25, -0.2) is 4.79 Å². The Morgan fingerprint density at radius 3 is 2.36 bits per heavy atom. The maximum atomic E-state index is 10.6. The van der Waals surface area contributed by atoms with E-state index in [1.165, 1.54) is 13.2 Å². The van der Waals surface area contributed by atoms with Crippen molar-refractivity contribution in [3.05, 3.63) is 58.1 Å². The van der Waals surface area contributed by atoms with Gasteiger partial charge in [0.1, 0.15) is 19.0 Å². The van der Waals surface area contributed by atoms with Crippen LogP contribution in [0.15, 0.2) is 42.5 Å². The summed E-state index contributed by atoms with van der Waals surface area (Å²) in [5.74, 6) is 0.533. The maximum Gasteiger partial charge on any atom is 0.328 e. The second-order valence-corrected chi connectivity index (χ2v) is 5.70. The van der Waals surface area contributed by atoms with Gasteiger partial charge in [-0.05, 0) is 42.0 Å². The molecule has 0 aliphatic carbocycles. The molecule has 0 fully saturated rings. The molecule has 0 saturated heterocycles. The summed E-state index contributed by atoms with van der Waals surface area (Å²) in [5.41, 5.74) is 0.691. The highest BCUT2D eigenvalue weighted by Crippen LogP contribution is 2.29. The molecule has 0 unspecified atom stereocenters. The van der Waals surface area contributed by atoms with Crippen molar-refractivity contribution in [2.45, 2.75) is 0 Å². The van der Waals surface area contributed by atoms with Gasteiger partial charge in [0.05, 0.1) is 12.1 Å². The molecule has 0 aliphatic heterocycles. The maximum absolute atomic E-state index is 10.6. The molecule has 5 nitrogen and oxygen atoms in total. The number of methoxy groups -OCH3 is 1. The Kier molecular flexibility index (Phi) is 6.98. The highest BCUT2D eigenvalue weighted by atomic mass is 35.5. The van der Waals surface area contributed by atoms with E-state index in [4.69, 9.17) is 42.5 Å². The molecule has 1 N–H and O–H groups in total. The minimum atomic E-state index is -1.02. The third-order valence-electron chi connectivity index (χ3n) is 3.10. The van der Waals surface area contributed by atoms with Gasteiger partial charge in [-0.1, -0.05) is 29.3 Å². The molecule has 0 radical (unpaired) electrons. The zero-order valence-corrected chi connectivity index (χ0v) is 14.9. The van der Waals surface area contributed by atoms with Crippen LogP contribution in [0.25, 0.3) is 6.08 Å². The van der Waals surface area contributed by atoms with Crippen molar-refractivity contribution in [3.8, 4) is 17.2 Å². The first-order chi connectivity index (χ1) is 12.0. The summed E-state index contributed by atoms with van der Waals surface area (Å²) in [6.45, 7) is 0.560. The van der Waals surface area contributed by atoms with E-state index >= 15 is 0 Å². The van der Waals surface area contributed by atoms with E-state index in [9.17, 15) is 4.79 Å². The highest BCUT2D eigenvalue weighted by Gasteiger charge is 2.06. The average molecular weight is 383 g/mol. The quantitative estimate of drug-likeness (QED) is 0.535. The Morgan fingerprint density at radius 1 is 1.04 bits per heavy atom. The largest absolute Gasteiger partial charge is 0.493 e. The summed E-state index contributed by atoms with van der Waals surface area (Å²) in [6.07, 6.45) is 2.53. The van der Waals surface area contributed by atoms with Crippen molar-refractivity contribution in [2.24, 2.45) is 0 Å². The number of carboxylic acids is 1. The van der Waals surface area contributed by atoms with Crippen molar-refractivity contribution in [1.29, 1.82) is 0 Å². The minimum absolute atomic E-state index is 0.277. The summed E-state index contributed by atoms with van der Waals surface area (Å²) < 4.78 is 16.4. The summed E-state index contributed by atoms with van der Waals surface area (Å²) in [4.78, 5) is 10.6. The lowest BCUT2D eigenvalue weighted by atomic mass is 10.2. The molecule has 0 bridgehead atoms. The van der Waals surface area contributed by atoms with Gasteiger partial charge in [-0.3, -0.25) is 0 Å². The first-order valence-corrected chi connectivity index (χ1v) is 8.05. The zero-order valence-electron chi connectivity index (χ0n) is 13.4. The summed E-state index contributed by atoms with van der Waals surface area (Å²) in [5, 5.41) is 9.62. The van der Waals surface area contributed by atoms with Gasteiger partial charge in [-0.15, -0.1) is 0 Å². The number of carboxylic acid groups (broad SMARTS) is 1. The molecule has 0 heterocycles. The zero-order chi connectivity index (χ0) is 18.2. The second kappa shape index (κ2) is 9.20. The van der Waals surface area contributed by atoms with Crippen LogP contribution in [-0.2, 0) is 4.79 Å². The van der Waals surface area contributed by atoms with Gasteiger partial charge in [0.2, 0.25) is 0 Å². The molecule has 2 aromatic rings. The van der Waals surface area contributed by atoms with E-state index in [0.717, 1.165) is 6.08 Å². The fourth-order valence-electron chi connectivity index (χ4n) is 1.97. The molecular formula is C18H16Cl2O5. The molecule has 0 saturated carbocycles. The lowest BCUT2D eigenvalue weighted by molar-refractivity contribution is -0.131. The Hall–Kier alpha value is -2.37. The van der Waals surface area contributed by atoms with Crippen LogP contribution < -0.4 is 14.2 Å². The Balaban J connectivity index is 1.92. The molecule has 2 rings (SSSR count). The number of rotatable bonds is 8. The van der Waals surface area contributed by atoms with Crippen molar-refractivity contribution >= 4 is 35.2 Å². The Morgan fingerprint density at radius 2 is 1.72 bits per heavy atom. The molecule has 132 valence electrons. The van der Waals surface area contributed by atoms with Crippen molar-refractivity contribution in [1.82, 2.24) is 0 Å². The number of halogens is 2. The molecule has 0 amide bonds. The monoisotopic (exact) mass is 382 g/mol. The van der Waals surface area contributed by atoms with Crippen LogP contribution in [0.3, 0.4) is 0 Å². The third kappa shape index (κ3) is 5.89. The molecule has 0 atom stereocenters. The van der Waals surface area contributed by atoms with E-state index in [1.807, 2.05) is 0 Å². The number of hydrogen-bond donors (Lipinski definition) is 1. The average Bonchev–Trinajstić information content (AvgIpc) is 2.58. The van der Waals surface area contributed by atoms with Crippen LogP contribution in [0.1, 0.15) is 5.56 Å². The van der Waals surface area contributed by atoms with Crippen LogP contribution in [0.2, 0.25) is 10.0 Å². The molecule has 0 aliphatic rings. The number of aliphatic carboxylic acids is 1. The lowest BCUT2D eigenvalue weighted by Gasteiger charge is -2.12. The Bertz CT molecular complexity index is 774. The van der Waals surface area contributed by atoms with Crippen LogP contribution in [0.4, 0.5) is 0 Å². The SMILES string of the molecule is COc1cc(C=CC(=O)O)ccc1OCCOc1ccc(Cl)cc1Cl. The van der Waals surface area contributed by atoms with Crippen molar-refractivity contribution in [3.63, 3.8) is 0 Å². The minimum Gasteiger partial charge on any atom is -0.493 e. The molecular weight excluding hydrogens is 367 g/mol. The van der Waals surface area contributed by atoms with Crippen LogP contribution in [-0.4, -0.2) is 31.4 Å². The van der Waals surface area contributed by atoms with Crippen LogP contribution >= 0.6 is 23.2 Å². The van der Waals surface area contributed by atoms with Crippen LogP contribution in [0.5, 0.6) is 17.2 Å². The highest BCUT2D eigenvalue weighted by molar-refractivity contribution is 6.35. The molecule has 0 spiro atoms. The number of carbonyl (C=O) groups is 1. The Labute approximate surface area is 155 Å².